The molecule has 1 aromatic rings. The molecule has 0 atom stereocenters. The lowest BCUT2D eigenvalue weighted by Gasteiger charge is -2.12. The standard InChI is InChI=1S/C15H24N2O/c1-2-5-14-8-13(10-16)9-15(17-14)18-11-12-6-3-4-7-12/h8-9,12H,2-7,10-11,16H2,1H3. The Labute approximate surface area is 110 Å². The molecule has 0 aromatic carbocycles. The predicted octanol–water partition coefficient (Wildman–Crippen LogP) is 3.06. The minimum atomic E-state index is 0.555. The molecule has 0 radical (unpaired) electrons. The molecule has 0 aliphatic heterocycles. The van der Waals surface area contributed by atoms with Crippen LogP contribution >= 0.6 is 0 Å². The molecule has 1 heterocycles. The van der Waals surface area contributed by atoms with E-state index in [1.165, 1.54) is 25.7 Å². The molecule has 100 valence electrons. The third-order valence-corrected chi connectivity index (χ3v) is 3.60. The van der Waals surface area contributed by atoms with Gasteiger partial charge in [-0.1, -0.05) is 26.2 Å². The van der Waals surface area contributed by atoms with Crippen molar-refractivity contribution in [3.05, 3.63) is 23.4 Å². The molecule has 0 spiro atoms. The second kappa shape index (κ2) is 6.74. The fraction of sp³-hybridized carbons (Fsp3) is 0.667. The van der Waals surface area contributed by atoms with Crippen molar-refractivity contribution >= 4 is 0 Å². The topological polar surface area (TPSA) is 48.1 Å². The van der Waals surface area contributed by atoms with Crippen molar-refractivity contribution < 1.29 is 4.74 Å². The zero-order valence-electron chi connectivity index (χ0n) is 11.3. The Morgan fingerprint density at radius 1 is 1.33 bits per heavy atom. The predicted molar refractivity (Wildman–Crippen MR) is 73.6 cm³/mol. The summed E-state index contributed by atoms with van der Waals surface area (Å²) in [5.41, 5.74) is 7.94. The SMILES string of the molecule is CCCc1cc(CN)cc(OCC2CCCC2)n1. The van der Waals surface area contributed by atoms with Crippen LogP contribution in [-0.4, -0.2) is 11.6 Å². The highest BCUT2D eigenvalue weighted by Crippen LogP contribution is 2.25. The van der Waals surface area contributed by atoms with Crippen molar-refractivity contribution in [2.75, 3.05) is 6.61 Å². The van der Waals surface area contributed by atoms with Crippen LogP contribution in [0.3, 0.4) is 0 Å². The van der Waals surface area contributed by atoms with Gasteiger partial charge in [-0.25, -0.2) is 4.98 Å². The molecule has 1 saturated carbocycles. The molecule has 0 saturated heterocycles. The Morgan fingerprint density at radius 3 is 2.78 bits per heavy atom. The van der Waals surface area contributed by atoms with Crippen molar-refractivity contribution in [3.8, 4) is 5.88 Å². The number of pyridine rings is 1. The number of nitrogens with two attached hydrogens (primary N) is 1. The summed E-state index contributed by atoms with van der Waals surface area (Å²) >= 11 is 0. The Morgan fingerprint density at radius 2 is 2.11 bits per heavy atom. The highest BCUT2D eigenvalue weighted by Gasteiger charge is 2.16. The van der Waals surface area contributed by atoms with E-state index >= 15 is 0 Å². The number of rotatable bonds is 6. The molecule has 0 bridgehead atoms. The Hall–Kier alpha value is -1.09. The van der Waals surface area contributed by atoms with E-state index in [0.717, 1.165) is 42.5 Å². The molecular weight excluding hydrogens is 224 g/mol. The number of hydrogen-bond acceptors (Lipinski definition) is 3. The average Bonchev–Trinajstić information content (AvgIpc) is 2.89. The minimum Gasteiger partial charge on any atom is -0.477 e. The molecule has 0 unspecified atom stereocenters. The Balaban J connectivity index is 1.98. The fourth-order valence-corrected chi connectivity index (χ4v) is 2.58. The zero-order chi connectivity index (χ0) is 12.8. The Kier molecular flexibility index (Phi) is 5.00. The van der Waals surface area contributed by atoms with Gasteiger partial charge in [0, 0.05) is 18.3 Å². The first-order chi connectivity index (χ1) is 8.81. The van der Waals surface area contributed by atoms with Crippen LogP contribution in [0.25, 0.3) is 0 Å². The maximum Gasteiger partial charge on any atom is 0.213 e. The van der Waals surface area contributed by atoms with Gasteiger partial charge in [0.15, 0.2) is 0 Å². The van der Waals surface area contributed by atoms with Gasteiger partial charge < -0.3 is 10.5 Å². The van der Waals surface area contributed by atoms with Crippen LogP contribution < -0.4 is 10.5 Å². The zero-order valence-corrected chi connectivity index (χ0v) is 11.3. The lowest BCUT2D eigenvalue weighted by molar-refractivity contribution is 0.243. The molecule has 18 heavy (non-hydrogen) atoms. The first-order valence-corrected chi connectivity index (χ1v) is 7.14. The second-order valence-electron chi connectivity index (χ2n) is 5.22. The maximum absolute atomic E-state index is 5.85. The molecule has 2 rings (SSSR count). The van der Waals surface area contributed by atoms with Crippen LogP contribution in [0.4, 0.5) is 0 Å². The van der Waals surface area contributed by atoms with Gasteiger partial charge in [-0.05, 0) is 36.8 Å². The third kappa shape index (κ3) is 3.70. The van der Waals surface area contributed by atoms with E-state index in [9.17, 15) is 0 Å². The first kappa shape index (κ1) is 13.3. The number of nitrogens with zero attached hydrogens (tertiary/aromatic N) is 1. The van der Waals surface area contributed by atoms with Crippen molar-refractivity contribution in [1.82, 2.24) is 4.98 Å². The van der Waals surface area contributed by atoms with Crippen LogP contribution in [0.15, 0.2) is 12.1 Å². The molecule has 1 aliphatic carbocycles. The summed E-state index contributed by atoms with van der Waals surface area (Å²) in [4.78, 5) is 4.55. The molecule has 3 heteroatoms. The third-order valence-electron chi connectivity index (χ3n) is 3.60. The van der Waals surface area contributed by atoms with Gasteiger partial charge in [0.2, 0.25) is 5.88 Å². The monoisotopic (exact) mass is 248 g/mol. The van der Waals surface area contributed by atoms with Gasteiger partial charge in [0.1, 0.15) is 0 Å². The van der Waals surface area contributed by atoms with Gasteiger partial charge in [0.05, 0.1) is 6.61 Å². The van der Waals surface area contributed by atoms with Crippen LogP contribution in [0, 0.1) is 5.92 Å². The number of aryl methyl sites for hydroxylation is 1. The fourth-order valence-electron chi connectivity index (χ4n) is 2.58. The van der Waals surface area contributed by atoms with Gasteiger partial charge in [-0.3, -0.25) is 0 Å². The number of ether oxygens (including phenoxy) is 1. The van der Waals surface area contributed by atoms with Gasteiger partial charge >= 0.3 is 0 Å². The lowest BCUT2D eigenvalue weighted by atomic mass is 10.1. The smallest absolute Gasteiger partial charge is 0.213 e. The Bertz CT molecular complexity index is 373. The first-order valence-electron chi connectivity index (χ1n) is 7.14. The molecule has 1 aromatic heterocycles. The summed E-state index contributed by atoms with van der Waals surface area (Å²) in [6.07, 6.45) is 7.41. The van der Waals surface area contributed by atoms with Gasteiger partial charge in [0.25, 0.3) is 0 Å². The molecule has 1 fully saturated rings. The molecular formula is C15H24N2O. The van der Waals surface area contributed by atoms with Crippen molar-refractivity contribution in [2.45, 2.75) is 52.0 Å². The van der Waals surface area contributed by atoms with Crippen LogP contribution in [-0.2, 0) is 13.0 Å². The average molecular weight is 248 g/mol. The highest BCUT2D eigenvalue weighted by atomic mass is 16.5. The normalized spacial score (nSPS) is 16.1. The van der Waals surface area contributed by atoms with Gasteiger partial charge in [-0.15, -0.1) is 0 Å². The molecule has 2 N–H and O–H groups in total. The summed E-state index contributed by atoms with van der Waals surface area (Å²) in [5, 5.41) is 0. The van der Waals surface area contributed by atoms with E-state index in [0.29, 0.717) is 6.54 Å². The summed E-state index contributed by atoms with van der Waals surface area (Å²) in [6, 6.07) is 4.07. The summed E-state index contributed by atoms with van der Waals surface area (Å²) in [5.74, 6) is 1.48. The van der Waals surface area contributed by atoms with Crippen LogP contribution in [0.2, 0.25) is 0 Å². The molecule has 1 aliphatic rings. The summed E-state index contributed by atoms with van der Waals surface area (Å²) in [7, 11) is 0. The largest absolute Gasteiger partial charge is 0.477 e. The minimum absolute atomic E-state index is 0.555. The summed E-state index contributed by atoms with van der Waals surface area (Å²) in [6.45, 7) is 3.53. The van der Waals surface area contributed by atoms with Crippen molar-refractivity contribution in [1.29, 1.82) is 0 Å². The van der Waals surface area contributed by atoms with Crippen molar-refractivity contribution in [3.63, 3.8) is 0 Å². The van der Waals surface area contributed by atoms with E-state index < -0.39 is 0 Å². The van der Waals surface area contributed by atoms with Gasteiger partial charge in [-0.2, -0.15) is 0 Å². The summed E-state index contributed by atoms with van der Waals surface area (Å²) < 4.78 is 5.85. The highest BCUT2D eigenvalue weighted by molar-refractivity contribution is 5.25. The van der Waals surface area contributed by atoms with E-state index in [2.05, 4.69) is 18.0 Å². The maximum atomic E-state index is 5.85. The molecule has 3 nitrogen and oxygen atoms in total. The van der Waals surface area contributed by atoms with Crippen molar-refractivity contribution in [2.24, 2.45) is 11.7 Å². The van der Waals surface area contributed by atoms with E-state index in [4.69, 9.17) is 10.5 Å². The van der Waals surface area contributed by atoms with E-state index in [-0.39, 0.29) is 0 Å². The number of aromatic nitrogens is 1. The van der Waals surface area contributed by atoms with E-state index in [1.807, 2.05) is 6.07 Å². The van der Waals surface area contributed by atoms with Crippen LogP contribution in [0.1, 0.15) is 50.3 Å². The second-order valence-corrected chi connectivity index (χ2v) is 5.22. The number of hydrogen-bond donors (Lipinski definition) is 1. The quantitative estimate of drug-likeness (QED) is 0.841. The molecule has 0 amide bonds. The lowest BCUT2D eigenvalue weighted by Crippen LogP contribution is -2.10. The van der Waals surface area contributed by atoms with E-state index in [1.54, 1.807) is 0 Å². The van der Waals surface area contributed by atoms with Crippen LogP contribution in [0.5, 0.6) is 5.88 Å².